The van der Waals surface area contributed by atoms with Gasteiger partial charge in [0.25, 0.3) is 0 Å². The molecule has 1 aromatic carbocycles. The molecular formula is C15H23BrF2O2Si. The molecule has 21 heavy (non-hydrogen) atoms. The molecule has 0 heterocycles. The minimum absolute atomic E-state index is 0.0732. The number of ether oxygens (including phenoxy) is 1. The maximum Gasteiger partial charge on any atom is 0.387 e. The molecule has 0 aliphatic carbocycles. The largest absolute Gasteiger partial charge is 0.434 e. The lowest BCUT2D eigenvalue weighted by atomic mass is 10.1. The Bertz CT molecular complexity index is 473. The van der Waals surface area contributed by atoms with Gasteiger partial charge < -0.3 is 9.16 Å². The van der Waals surface area contributed by atoms with Crippen LogP contribution >= 0.6 is 15.9 Å². The Morgan fingerprint density at radius 2 is 1.86 bits per heavy atom. The van der Waals surface area contributed by atoms with Crippen LogP contribution in [0, 0.1) is 0 Å². The molecule has 0 bridgehead atoms. The number of hydrogen-bond donors (Lipinski definition) is 0. The van der Waals surface area contributed by atoms with Gasteiger partial charge >= 0.3 is 6.61 Å². The van der Waals surface area contributed by atoms with E-state index in [1.165, 1.54) is 0 Å². The summed E-state index contributed by atoms with van der Waals surface area (Å²) in [5.74, 6) is 0.188. The summed E-state index contributed by atoms with van der Waals surface area (Å²) in [6.07, 6.45) is 0. The Morgan fingerprint density at radius 1 is 1.24 bits per heavy atom. The lowest BCUT2D eigenvalue weighted by molar-refractivity contribution is -0.0509. The van der Waals surface area contributed by atoms with Crippen LogP contribution in [0.4, 0.5) is 8.78 Å². The van der Waals surface area contributed by atoms with Crippen LogP contribution < -0.4 is 4.74 Å². The average molecular weight is 381 g/mol. The van der Waals surface area contributed by atoms with E-state index < -0.39 is 14.9 Å². The summed E-state index contributed by atoms with van der Waals surface area (Å²) in [6.45, 7) is 8.16. The smallest absolute Gasteiger partial charge is 0.387 e. The molecule has 6 heteroatoms. The first-order chi connectivity index (χ1) is 9.56. The molecule has 0 amide bonds. The first-order valence-corrected chi connectivity index (χ1v) is 10.9. The van der Waals surface area contributed by atoms with Crippen molar-refractivity contribution in [1.82, 2.24) is 0 Å². The second-order valence-electron chi connectivity index (χ2n) is 6.50. The van der Waals surface area contributed by atoms with Crippen molar-refractivity contribution < 1.29 is 17.9 Å². The standard InChI is InChI=1S/C15H23BrF2O2Si/c1-15(2,3)21(4,5)19-10-12-8-11(9-16)6-7-13(12)20-14(17)18/h6-8,14H,9-10H2,1-5H3. The highest BCUT2D eigenvalue weighted by atomic mass is 79.9. The van der Waals surface area contributed by atoms with Gasteiger partial charge in [0, 0.05) is 10.9 Å². The summed E-state index contributed by atoms with van der Waals surface area (Å²) >= 11 is 3.37. The number of rotatable bonds is 6. The third kappa shape index (κ3) is 5.34. The molecule has 2 nitrogen and oxygen atoms in total. The van der Waals surface area contributed by atoms with E-state index in [4.69, 9.17) is 4.43 Å². The number of halogens is 3. The molecule has 120 valence electrons. The van der Waals surface area contributed by atoms with Gasteiger partial charge in [0.15, 0.2) is 8.32 Å². The summed E-state index contributed by atoms with van der Waals surface area (Å²) in [6, 6.07) is 5.19. The van der Waals surface area contributed by atoms with E-state index in [0.717, 1.165) is 5.56 Å². The van der Waals surface area contributed by atoms with Crippen molar-refractivity contribution in [3.8, 4) is 5.75 Å². The number of alkyl halides is 3. The molecule has 0 spiro atoms. The second-order valence-corrected chi connectivity index (χ2v) is 11.9. The monoisotopic (exact) mass is 380 g/mol. The van der Waals surface area contributed by atoms with E-state index in [-0.39, 0.29) is 10.8 Å². The van der Waals surface area contributed by atoms with Crippen molar-refractivity contribution in [2.45, 2.75) is 57.5 Å². The molecule has 0 atom stereocenters. The minimum Gasteiger partial charge on any atom is -0.434 e. The predicted octanol–water partition coefficient (Wildman–Crippen LogP) is 5.70. The zero-order valence-electron chi connectivity index (χ0n) is 13.2. The third-order valence-electron chi connectivity index (χ3n) is 3.89. The van der Waals surface area contributed by atoms with Crippen molar-refractivity contribution in [3.05, 3.63) is 29.3 Å². The third-order valence-corrected chi connectivity index (χ3v) is 9.02. The zero-order chi connectivity index (χ0) is 16.3. The molecule has 1 rings (SSSR count). The molecule has 0 aliphatic heterocycles. The Kier molecular flexibility index (Phi) is 6.37. The van der Waals surface area contributed by atoms with Crippen LogP contribution in [0.1, 0.15) is 31.9 Å². The molecule has 0 aromatic heterocycles. The second kappa shape index (κ2) is 7.20. The number of benzene rings is 1. The van der Waals surface area contributed by atoms with Gasteiger partial charge in [-0.05, 0) is 35.8 Å². The summed E-state index contributed by atoms with van der Waals surface area (Å²) in [7, 11) is -1.93. The van der Waals surface area contributed by atoms with Gasteiger partial charge in [-0.1, -0.05) is 42.8 Å². The highest BCUT2D eigenvalue weighted by Gasteiger charge is 2.37. The van der Waals surface area contributed by atoms with Gasteiger partial charge in [0.2, 0.25) is 0 Å². The maximum absolute atomic E-state index is 12.5. The van der Waals surface area contributed by atoms with Crippen LogP contribution in [0.25, 0.3) is 0 Å². The Labute approximate surface area is 135 Å². The lowest BCUT2D eigenvalue weighted by Gasteiger charge is -2.36. The highest BCUT2D eigenvalue weighted by molar-refractivity contribution is 9.08. The fourth-order valence-corrected chi connectivity index (χ4v) is 2.81. The van der Waals surface area contributed by atoms with E-state index in [1.54, 1.807) is 12.1 Å². The van der Waals surface area contributed by atoms with E-state index >= 15 is 0 Å². The summed E-state index contributed by atoms with van der Waals surface area (Å²) in [5.41, 5.74) is 1.67. The van der Waals surface area contributed by atoms with Crippen molar-refractivity contribution in [3.63, 3.8) is 0 Å². The van der Waals surface area contributed by atoms with E-state index in [0.29, 0.717) is 17.5 Å². The molecule has 0 saturated heterocycles. The summed E-state index contributed by atoms with van der Waals surface area (Å²) in [5, 5.41) is 0.735. The predicted molar refractivity (Wildman–Crippen MR) is 87.7 cm³/mol. The zero-order valence-corrected chi connectivity index (χ0v) is 15.8. The average Bonchev–Trinajstić information content (AvgIpc) is 2.35. The molecule has 0 N–H and O–H groups in total. The summed E-state index contributed by atoms with van der Waals surface area (Å²) < 4.78 is 35.6. The van der Waals surface area contributed by atoms with Crippen LogP contribution in [0.15, 0.2) is 18.2 Å². The Hall–Kier alpha value is -0.463. The summed E-state index contributed by atoms with van der Waals surface area (Å²) in [4.78, 5) is 0. The Morgan fingerprint density at radius 3 is 2.33 bits per heavy atom. The molecule has 1 aromatic rings. The Balaban J connectivity index is 2.94. The van der Waals surface area contributed by atoms with Gasteiger partial charge in [0.1, 0.15) is 5.75 Å². The molecule has 0 unspecified atom stereocenters. The highest BCUT2D eigenvalue weighted by Crippen LogP contribution is 2.37. The fraction of sp³-hybridized carbons (Fsp3) is 0.600. The molecule has 0 fully saturated rings. The normalized spacial score (nSPS) is 12.8. The number of hydrogen-bond acceptors (Lipinski definition) is 2. The van der Waals surface area contributed by atoms with Gasteiger partial charge in [-0.3, -0.25) is 0 Å². The van der Waals surface area contributed by atoms with Crippen molar-refractivity contribution in [1.29, 1.82) is 0 Å². The fourth-order valence-electron chi connectivity index (χ4n) is 1.51. The quantitative estimate of drug-likeness (QED) is 0.465. The molecular weight excluding hydrogens is 358 g/mol. The SMILES string of the molecule is CC(C)(C)[Si](C)(C)OCc1cc(CBr)ccc1OC(F)F. The van der Waals surface area contributed by atoms with Crippen LogP contribution in [0.5, 0.6) is 5.75 Å². The molecule has 0 saturated carbocycles. The van der Waals surface area contributed by atoms with Gasteiger partial charge in [-0.2, -0.15) is 8.78 Å². The molecule has 0 aliphatic rings. The maximum atomic E-state index is 12.5. The van der Waals surface area contributed by atoms with E-state index in [2.05, 4.69) is 54.5 Å². The molecule has 0 radical (unpaired) electrons. The van der Waals surface area contributed by atoms with Gasteiger partial charge in [0.05, 0.1) is 6.61 Å². The van der Waals surface area contributed by atoms with E-state index in [1.807, 2.05) is 6.07 Å². The van der Waals surface area contributed by atoms with Crippen molar-refractivity contribution in [2.24, 2.45) is 0 Å². The first-order valence-electron chi connectivity index (χ1n) is 6.83. The first kappa shape index (κ1) is 18.6. The van der Waals surface area contributed by atoms with Crippen molar-refractivity contribution >= 4 is 24.2 Å². The van der Waals surface area contributed by atoms with Crippen molar-refractivity contribution in [2.75, 3.05) is 0 Å². The van der Waals surface area contributed by atoms with Crippen LogP contribution in [0.3, 0.4) is 0 Å². The topological polar surface area (TPSA) is 18.5 Å². The lowest BCUT2D eigenvalue weighted by Crippen LogP contribution is -2.40. The van der Waals surface area contributed by atoms with Gasteiger partial charge in [-0.25, -0.2) is 0 Å². The van der Waals surface area contributed by atoms with Crippen LogP contribution in [0.2, 0.25) is 18.1 Å². The van der Waals surface area contributed by atoms with E-state index in [9.17, 15) is 8.78 Å². The van der Waals surface area contributed by atoms with Gasteiger partial charge in [-0.15, -0.1) is 0 Å². The van der Waals surface area contributed by atoms with Crippen LogP contribution in [-0.4, -0.2) is 14.9 Å². The van der Waals surface area contributed by atoms with Crippen LogP contribution in [-0.2, 0) is 16.4 Å². The minimum atomic E-state index is -2.83.